The summed E-state index contributed by atoms with van der Waals surface area (Å²) in [5.74, 6) is -0.0388. The van der Waals surface area contributed by atoms with Gasteiger partial charge in [0.15, 0.2) is 0 Å². The highest BCUT2D eigenvalue weighted by Crippen LogP contribution is 2.17. The lowest BCUT2D eigenvalue weighted by molar-refractivity contribution is -0.126. The lowest BCUT2D eigenvalue weighted by Crippen LogP contribution is -2.28. The monoisotopic (exact) mass is 320 g/mol. The first-order chi connectivity index (χ1) is 10.1. The van der Waals surface area contributed by atoms with E-state index in [1.807, 2.05) is 43.5 Å². The first kappa shape index (κ1) is 15.7. The van der Waals surface area contributed by atoms with Gasteiger partial charge in [-0.3, -0.25) is 4.79 Å². The number of carbonyl (C=O) groups excluding carboxylic acids is 1. The second-order valence-corrected chi connectivity index (χ2v) is 6.04. The van der Waals surface area contributed by atoms with Crippen molar-refractivity contribution >= 4 is 34.9 Å². The molecular weight excluding hydrogens is 304 g/mol. The van der Waals surface area contributed by atoms with E-state index in [2.05, 4.69) is 4.98 Å². The first-order valence-electron chi connectivity index (χ1n) is 6.72. The molecule has 2 rings (SSSR count). The quantitative estimate of drug-likeness (QED) is 0.775. The number of benzene rings is 1. The fourth-order valence-corrected chi connectivity index (χ4v) is 2.67. The minimum Gasteiger partial charge on any atom is -0.335 e. The van der Waals surface area contributed by atoms with Crippen molar-refractivity contribution in [2.45, 2.75) is 20.4 Å². The molecule has 0 fully saturated rings. The Labute approximate surface area is 133 Å². The van der Waals surface area contributed by atoms with Gasteiger partial charge in [0.05, 0.1) is 10.7 Å². The summed E-state index contributed by atoms with van der Waals surface area (Å²) in [7, 11) is 0. The molecule has 0 saturated heterocycles. The number of hydrogen-bond donors (Lipinski definition) is 0. The summed E-state index contributed by atoms with van der Waals surface area (Å²) < 4.78 is 0. The van der Waals surface area contributed by atoms with Crippen molar-refractivity contribution in [1.29, 1.82) is 0 Å². The Morgan fingerprint density at radius 3 is 2.81 bits per heavy atom. The highest BCUT2D eigenvalue weighted by atomic mass is 35.5. The summed E-state index contributed by atoms with van der Waals surface area (Å²) in [6.07, 6.45) is 3.32. The maximum Gasteiger partial charge on any atom is 0.246 e. The van der Waals surface area contributed by atoms with Gasteiger partial charge >= 0.3 is 0 Å². The van der Waals surface area contributed by atoms with Crippen molar-refractivity contribution < 1.29 is 4.79 Å². The van der Waals surface area contributed by atoms with E-state index in [1.54, 1.807) is 28.4 Å². The zero-order valence-corrected chi connectivity index (χ0v) is 13.6. The molecule has 1 amide bonds. The summed E-state index contributed by atoms with van der Waals surface area (Å²) in [5.41, 5.74) is 1.77. The van der Waals surface area contributed by atoms with E-state index in [4.69, 9.17) is 11.6 Å². The topological polar surface area (TPSA) is 33.2 Å². The maximum absolute atomic E-state index is 12.2. The second-order valence-electron chi connectivity index (χ2n) is 4.57. The molecule has 0 bridgehead atoms. The standard InChI is InChI=1S/C16H17ClN2OS/c1-3-19(10-13-6-4-5-7-15(13)17)16(20)9-8-14-11-21-12(2)18-14/h4-9,11H,3,10H2,1-2H3/b9-8+. The van der Waals surface area contributed by atoms with Crippen molar-refractivity contribution in [3.8, 4) is 0 Å². The Hall–Kier alpha value is -1.65. The number of aryl methyl sites for hydroxylation is 1. The normalized spacial score (nSPS) is 11.0. The van der Waals surface area contributed by atoms with Gasteiger partial charge in [0, 0.05) is 29.6 Å². The average molecular weight is 321 g/mol. The van der Waals surface area contributed by atoms with Gasteiger partial charge in [-0.15, -0.1) is 11.3 Å². The molecule has 3 nitrogen and oxygen atoms in total. The molecule has 0 aliphatic carbocycles. The molecule has 0 unspecified atom stereocenters. The zero-order chi connectivity index (χ0) is 15.2. The number of amides is 1. The second kappa shape index (κ2) is 7.38. The van der Waals surface area contributed by atoms with Crippen LogP contribution in [0.3, 0.4) is 0 Å². The molecule has 0 N–H and O–H groups in total. The smallest absolute Gasteiger partial charge is 0.246 e. The summed E-state index contributed by atoms with van der Waals surface area (Å²) in [6.45, 7) is 5.04. The van der Waals surface area contributed by atoms with Crippen molar-refractivity contribution in [2.75, 3.05) is 6.54 Å². The molecule has 0 aliphatic heterocycles. The lowest BCUT2D eigenvalue weighted by Gasteiger charge is -2.19. The van der Waals surface area contributed by atoms with Crippen LogP contribution in [0.2, 0.25) is 5.02 Å². The highest BCUT2D eigenvalue weighted by Gasteiger charge is 2.11. The summed E-state index contributed by atoms with van der Waals surface area (Å²) in [6, 6.07) is 7.58. The summed E-state index contributed by atoms with van der Waals surface area (Å²) in [5, 5.41) is 3.61. The van der Waals surface area contributed by atoms with E-state index >= 15 is 0 Å². The largest absolute Gasteiger partial charge is 0.335 e. The third-order valence-corrected chi connectivity index (χ3v) is 4.21. The van der Waals surface area contributed by atoms with E-state index in [9.17, 15) is 4.79 Å². The first-order valence-corrected chi connectivity index (χ1v) is 7.98. The van der Waals surface area contributed by atoms with Gasteiger partial charge in [0.1, 0.15) is 0 Å². The van der Waals surface area contributed by atoms with Gasteiger partial charge in [0.25, 0.3) is 0 Å². The molecule has 0 atom stereocenters. The molecule has 1 aromatic carbocycles. The van der Waals surface area contributed by atoms with E-state index in [1.165, 1.54) is 0 Å². The molecule has 0 spiro atoms. The Morgan fingerprint density at radius 1 is 1.43 bits per heavy atom. The van der Waals surface area contributed by atoms with Gasteiger partial charge < -0.3 is 4.90 Å². The number of halogens is 1. The Bertz CT molecular complexity index is 651. The van der Waals surface area contributed by atoms with Crippen LogP contribution in [0, 0.1) is 6.92 Å². The molecule has 21 heavy (non-hydrogen) atoms. The van der Waals surface area contributed by atoms with Crippen LogP contribution in [0.1, 0.15) is 23.2 Å². The van der Waals surface area contributed by atoms with Crippen LogP contribution in [0.4, 0.5) is 0 Å². The van der Waals surface area contributed by atoms with Crippen LogP contribution in [0.15, 0.2) is 35.7 Å². The van der Waals surface area contributed by atoms with Crippen molar-refractivity contribution in [1.82, 2.24) is 9.88 Å². The number of hydrogen-bond acceptors (Lipinski definition) is 3. The van der Waals surface area contributed by atoms with Crippen LogP contribution >= 0.6 is 22.9 Å². The van der Waals surface area contributed by atoms with Gasteiger partial charge in [0.2, 0.25) is 5.91 Å². The molecule has 1 aromatic heterocycles. The van der Waals surface area contributed by atoms with Crippen molar-refractivity contribution in [3.05, 3.63) is 57.0 Å². The fraction of sp³-hybridized carbons (Fsp3) is 0.250. The lowest BCUT2D eigenvalue weighted by atomic mass is 10.2. The summed E-state index contributed by atoms with van der Waals surface area (Å²) in [4.78, 5) is 18.3. The van der Waals surface area contributed by atoms with E-state index in [0.717, 1.165) is 16.3 Å². The number of nitrogens with zero attached hydrogens (tertiary/aromatic N) is 2. The fourth-order valence-electron chi connectivity index (χ4n) is 1.90. The SMILES string of the molecule is CCN(Cc1ccccc1Cl)C(=O)/C=C/c1csc(C)n1. The zero-order valence-electron chi connectivity index (χ0n) is 12.0. The minimum atomic E-state index is -0.0388. The van der Waals surface area contributed by atoms with E-state index in [0.29, 0.717) is 18.1 Å². The molecule has 0 aliphatic rings. The van der Waals surface area contributed by atoms with E-state index < -0.39 is 0 Å². The average Bonchev–Trinajstić information content (AvgIpc) is 2.89. The van der Waals surface area contributed by atoms with Crippen molar-refractivity contribution in [3.63, 3.8) is 0 Å². The number of carbonyl (C=O) groups is 1. The molecule has 5 heteroatoms. The van der Waals surface area contributed by atoms with Crippen LogP contribution < -0.4 is 0 Å². The van der Waals surface area contributed by atoms with Gasteiger partial charge in [-0.25, -0.2) is 4.98 Å². The van der Waals surface area contributed by atoms with Gasteiger partial charge in [-0.1, -0.05) is 29.8 Å². The van der Waals surface area contributed by atoms with Crippen LogP contribution in [-0.4, -0.2) is 22.3 Å². The highest BCUT2D eigenvalue weighted by molar-refractivity contribution is 7.09. The molecule has 110 valence electrons. The van der Waals surface area contributed by atoms with Crippen LogP contribution in [0.25, 0.3) is 6.08 Å². The van der Waals surface area contributed by atoms with E-state index in [-0.39, 0.29) is 5.91 Å². The third-order valence-electron chi connectivity index (χ3n) is 3.05. The number of likely N-dealkylation sites (N-methyl/N-ethyl adjacent to an activating group) is 1. The number of rotatable bonds is 5. The molecule has 1 heterocycles. The number of aromatic nitrogens is 1. The number of thiazole rings is 1. The maximum atomic E-state index is 12.2. The predicted molar refractivity (Wildman–Crippen MR) is 88.4 cm³/mol. The van der Waals surface area contributed by atoms with Crippen LogP contribution in [0.5, 0.6) is 0 Å². The Kier molecular flexibility index (Phi) is 5.53. The van der Waals surface area contributed by atoms with Gasteiger partial charge in [-0.05, 0) is 31.6 Å². The molecule has 2 aromatic rings. The third kappa shape index (κ3) is 4.41. The van der Waals surface area contributed by atoms with Crippen molar-refractivity contribution in [2.24, 2.45) is 0 Å². The Balaban J connectivity index is 2.05. The van der Waals surface area contributed by atoms with Gasteiger partial charge in [-0.2, -0.15) is 0 Å². The molecule has 0 saturated carbocycles. The Morgan fingerprint density at radius 2 is 2.19 bits per heavy atom. The minimum absolute atomic E-state index is 0.0388. The molecule has 0 radical (unpaired) electrons. The van der Waals surface area contributed by atoms with Crippen LogP contribution in [-0.2, 0) is 11.3 Å². The predicted octanol–water partition coefficient (Wildman–Crippen LogP) is 4.17. The summed E-state index contributed by atoms with van der Waals surface area (Å²) >= 11 is 7.71. The molecular formula is C16H17ClN2OS.